The Hall–Kier alpha value is -8.08. The van der Waals surface area contributed by atoms with Gasteiger partial charge in [-0.05, 0) is 106 Å². The molecule has 0 bridgehead atoms. The number of rotatable bonds is 8. The summed E-state index contributed by atoms with van der Waals surface area (Å²) in [5.41, 5.74) is 13.9. The van der Waals surface area contributed by atoms with E-state index in [1.165, 1.54) is 11.1 Å². The summed E-state index contributed by atoms with van der Waals surface area (Å²) in [5.74, 6) is 2.49. The van der Waals surface area contributed by atoms with Crippen molar-refractivity contribution in [2.24, 2.45) is 0 Å². The number of hydrogen-bond acceptors (Lipinski definition) is 4. The van der Waals surface area contributed by atoms with E-state index < -0.39 is 0 Å². The Morgan fingerprint density at radius 2 is 1.18 bits per heavy atom. The molecule has 62 heavy (non-hydrogen) atoms. The van der Waals surface area contributed by atoms with Gasteiger partial charge in [0.2, 0.25) is 0 Å². The molecule has 1 atom stereocenters. The number of ether oxygens (including phenoxy) is 2. The van der Waals surface area contributed by atoms with Crippen LogP contribution in [0.25, 0.3) is 49.7 Å². The third-order valence-electron chi connectivity index (χ3n) is 12.0. The minimum Gasteiger partial charge on any atom is -0.464 e. The van der Waals surface area contributed by atoms with Crippen LogP contribution >= 0.6 is 0 Å². The average Bonchev–Trinajstić information content (AvgIpc) is 3.32. The molecular formula is C58H42N2O2. The number of hydrogen-bond donors (Lipinski definition) is 0. The SMILES string of the molecule is C=C1/C=C\C=C/Oc2c1cccc2-c1ccc(N(c2ccc(-c3ccccc3)cc2)c2ccc3c(c2)-c2cccc4cc(N(c5ccccc5)C5C=CC=CC5)cc(c24)O3)cc1. The first-order valence-electron chi connectivity index (χ1n) is 21.1. The van der Waals surface area contributed by atoms with Crippen LogP contribution in [0.5, 0.6) is 17.2 Å². The Kier molecular flexibility index (Phi) is 9.44. The van der Waals surface area contributed by atoms with Crippen LogP contribution in [0.2, 0.25) is 0 Å². The predicted octanol–water partition coefficient (Wildman–Crippen LogP) is 15.9. The summed E-state index contributed by atoms with van der Waals surface area (Å²) in [6.07, 6.45) is 17.3. The highest BCUT2D eigenvalue weighted by Gasteiger charge is 2.26. The van der Waals surface area contributed by atoms with Gasteiger partial charge in [0.1, 0.15) is 17.2 Å². The fraction of sp³-hybridized carbons (Fsp3) is 0.0345. The van der Waals surface area contributed by atoms with Crippen molar-refractivity contribution in [2.45, 2.75) is 12.5 Å². The fourth-order valence-corrected chi connectivity index (χ4v) is 9.00. The van der Waals surface area contributed by atoms with Gasteiger partial charge in [-0.15, -0.1) is 0 Å². The largest absolute Gasteiger partial charge is 0.464 e. The van der Waals surface area contributed by atoms with Crippen LogP contribution < -0.4 is 19.3 Å². The number of allylic oxidation sites excluding steroid dienone is 6. The van der Waals surface area contributed by atoms with E-state index in [9.17, 15) is 0 Å². The zero-order chi connectivity index (χ0) is 41.4. The zero-order valence-corrected chi connectivity index (χ0v) is 34.1. The van der Waals surface area contributed by atoms with Crippen molar-refractivity contribution in [2.75, 3.05) is 9.80 Å². The summed E-state index contributed by atoms with van der Waals surface area (Å²) in [7, 11) is 0. The maximum atomic E-state index is 6.90. The van der Waals surface area contributed by atoms with Gasteiger partial charge in [0.15, 0.2) is 0 Å². The highest BCUT2D eigenvalue weighted by atomic mass is 16.5. The molecule has 4 heteroatoms. The molecule has 8 aromatic rings. The molecule has 296 valence electrons. The van der Waals surface area contributed by atoms with Crippen molar-refractivity contribution in [1.29, 1.82) is 0 Å². The van der Waals surface area contributed by atoms with Crippen LogP contribution in [-0.4, -0.2) is 6.04 Å². The van der Waals surface area contributed by atoms with E-state index in [4.69, 9.17) is 9.47 Å². The maximum Gasteiger partial charge on any atom is 0.142 e. The van der Waals surface area contributed by atoms with Crippen molar-refractivity contribution in [1.82, 2.24) is 0 Å². The van der Waals surface area contributed by atoms with Gasteiger partial charge < -0.3 is 19.3 Å². The molecule has 0 saturated heterocycles. The molecule has 0 amide bonds. The highest BCUT2D eigenvalue weighted by molar-refractivity contribution is 6.06. The summed E-state index contributed by atoms with van der Waals surface area (Å²) >= 11 is 0. The molecule has 11 rings (SSSR count). The molecule has 8 aromatic carbocycles. The second-order valence-electron chi connectivity index (χ2n) is 15.8. The number of para-hydroxylation sites is 2. The van der Waals surface area contributed by atoms with Crippen LogP contribution in [0, 0.1) is 0 Å². The molecule has 0 radical (unpaired) electrons. The molecule has 0 saturated carbocycles. The molecule has 3 aliphatic rings. The molecule has 0 spiro atoms. The average molecular weight is 799 g/mol. The molecule has 0 aromatic heterocycles. The lowest BCUT2D eigenvalue weighted by Gasteiger charge is -2.34. The van der Waals surface area contributed by atoms with Crippen molar-refractivity contribution in [3.05, 3.63) is 237 Å². The minimum atomic E-state index is 0.186. The summed E-state index contributed by atoms with van der Waals surface area (Å²) < 4.78 is 13.1. The van der Waals surface area contributed by atoms with Gasteiger partial charge in [-0.3, -0.25) is 0 Å². The zero-order valence-electron chi connectivity index (χ0n) is 34.1. The molecule has 0 fully saturated rings. The van der Waals surface area contributed by atoms with Gasteiger partial charge in [0, 0.05) is 56.6 Å². The number of benzene rings is 8. The Morgan fingerprint density at radius 1 is 0.484 bits per heavy atom. The predicted molar refractivity (Wildman–Crippen MR) is 258 cm³/mol. The second-order valence-corrected chi connectivity index (χ2v) is 15.8. The minimum absolute atomic E-state index is 0.186. The number of fused-ring (bicyclic) bond motifs is 3. The first-order chi connectivity index (χ1) is 30.7. The Morgan fingerprint density at radius 3 is 1.95 bits per heavy atom. The fourth-order valence-electron chi connectivity index (χ4n) is 9.00. The van der Waals surface area contributed by atoms with E-state index in [-0.39, 0.29) is 6.04 Å². The molecule has 4 nitrogen and oxygen atoms in total. The van der Waals surface area contributed by atoms with E-state index in [2.05, 4.69) is 217 Å². The molecule has 2 aliphatic heterocycles. The summed E-state index contributed by atoms with van der Waals surface area (Å²) in [6, 6.07) is 62.8. The molecular weight excluding hydrogens is 757 g/mol. The number of nitrogens with zero attached hydrogens (tertiary/aromatic N) is 2. The van der Waals surface area contributed by atoms with Crippen LogP contribution in [0.4, 0.5) is 28.4 Å². The first kappa shape index (κ1) is 37.0. The summed E-state index contributed by atoms with van der Waals surface area (Å²) in [6.45, 7) is 4.29. The standard InChI is InChI=1S/C58H42N2O2/c1-40-15-11-12-36-61-58-51(40)23-14-24-52(58)43-28-32-48(33-29-43)59(47-30-26-42(27-31-47)41-16-5-2-6-17-41)49-34-35-55-54(38-49)53-25-13-18-44-37-50(39-56(62-55)57(44)53)60(45-19-7-3-8-20-45)46-21-9-4-10-22-46/h2-21,23-39,46H,1,22H2/b15-11-,36-12-. The van der Waals surface area contributed by atoms with Gasteiger partial charge in [0.25, 0.3) is 0 Å². The monoisotopic (exact) mass is 798 g/mol. The van der Waals surface area contributed by atoms with Gasteiger partial charge >= 0.3 is 0 Å². The normalized spacial score (nSPS) is 15.6. The van der Waals surface area contributed by atoms with Gasteiger partial charge in [-0.2, -0.15) is 0 Å². The van der Waals surface area contributed by atoms with E-state index in [1.807, 2.05) is 18.2 Å². The smallest absolute Gasteiger partial charge is 0.142 e. The lowest BCUT2D eigenvalue weighted by Crippen LogP contribution is -2.29. The van der Waals surface area contributed by atoms with E-state index in [1.54, 1.807) is 6.26 Å². The van der Waals surface area contributed by atoms with Crippen LogP contribution in [0.1, 0.15) is 12.0 Å². The topological polar surface area (TPSA) is 24.9 Å². The number of anilines is 5. The Balaban J connectivity index is 1.01. The van der Waals surface area contributed by atoms with Gasteiger partial charge in [-0.25, -0.2) is 0 Å². The molecule has 1 unspecified atom stereocenters. The quantitative estimate of drug-likeness (QED) is 0.153. The summed E-state index contributed by atoms with van der Waals surface area (Å²) in [4.78, 5) is 4.74. The van der Waals surface area contributed by atoms with Crippen molar-refractivity contribution in [3.8, 4) is 50.6 Å². The lowest BCUT2D eigenvalue weighted by molar-refractivity contribution is 0.481. The van der Waals surface area contributed by atoms with Crippen molar-refractivity contribution >= 4 is 44.8 Å². The van der Waals surface area contributed by atoms with Crippen LogP contribution in [0.15, 0.2) is 231 Å². The maximum absolute atomic E-state index is 6.90. The van der Waals surface area contributed by atoms with Gasteiger partial charge in [0.05, 0.1) is 12.3 Å². The van der Waals surface area contributed by atoms with Crippen molar-refractivity contribution in [3.63, 3.8) is 0 Å². The van der Waals surface area contributed by atoms with Gasteiger partial charge in [-0.1, -0.05) is 152 Å². The molecule has 1 aliphatic carbocycles. The van der Waals surface area contributed by atoms with E-state index in [0.717, 1.165) is 96.3 Å². The highest BCUT2D eigenvalue weighted by Crippen LogP contribution is 2.51. The summed E-state index contributed by atoms with van der Waals surface area (Å²) in [5, 5.41) is 2.25. The third kappa shape index (κ3) is 6.78. The van der Waals surface area contributed by atoms with E-state index >= 15 is 0 Å². The molecule has 0 N–H and O–H groups in total. The third-order valence-corrected chi connectivity index (χ3v) is 12.0. The first-order valence-corrected chi connectivity index (χ1v) is 21.1. The molecule has 2 heterocycles. The Bertz CT molecular complexity index is 3110. The van der Waals surface area contributed by atoms with Crippen LogP contribution in [-0.2, 0) is 0 Å². The second kappa shape index (κ2) is 15.8. The van der Waals surface area contributed by atoms with E-state index in [0.29, 0.717) is 0 Å². The lowest BCUT2D eigenvalue weighted by atomic mass is 9.93. The Labute approximate surface area is 362 Å². The van der Waals surface area contributed by atoms with Crippen LogP contribution in [0.3, 0.4) is 0 Å². The van der Waals surface area contributed by atoms with Crippen molar-refractivity contribution < 1.29 is 9.47 Å².